The Morgan fingerprint density at radius 3 is 2.53 bits per heavy atom. The normalized spacial score (nSPS) is 14.1. The van der Waals surface area contributed by atoms with E-state index in [0.717, 1.165) is 21.7 Å². The zero-order valence-corrected chi connectivity index (χ0v) is 18.5. The Bertz CT molecular complexity index is 1150. The van der Waals surface area contributed by atoms with E-state index in [1.807, 2.05) is 83.1 Å². The van der Waals surface area contributed by atoms with E-state index < -0.39 is 0 Å². The highest BCUT2D eigenvalue weighted by Crippen LogP contribution is 2.20. The fourth-order valence-corrected chi connectivity index (χ4v) is 4.17. The molecule has 1 saturated heterocycles. The molecule has 0 aliphatic carbocycles. The Morgan fingerprint density at radius 1 is 0.969 bits per heavy atom. The van der Waals surface area contributed by atoms with Crippen molar-refractivity contribution in [1.82, 2.24) is 4.90 Å². The third-order valence-corrected chi connectivity index (χ3v) is 6.16. The molecule has 1 aliphatic rings. The van der Waals surface area contributed by atoms with Crippen molar-refractivity contribution in [3.63, 3.8) is 0 Å². The maximum Gasteiger partial charge on any atom is 0.246 e. The van der Waals surface area contributed by atoms with Crippen LogP contribution >= 0.6 is 11.3 Å². The summed E-state index contributed by atoms with van der Waals surface area (Å²) in [7, 11) is 0. The number of benzene rings is 2. The van der Waals surface area contributed by atoms with E-state index in [2.05, 4.69) is 17.2 Å². The zero-order chi connectivity index (χ0) is 22.2. The predicted molar refractivity (Wildman–Crippen MR) is 130 cm³/mol. The summed E-state index contributed by atoms with van der Waals surface area (Å²) in [6.45, 7) is 1.17. The van der Waals surface area contributed by atoms with E-state index in [9.17, 15) is 9.59 Å². The molecule has 0 radical (unpaired) electrons. The van der Waals surface area contributed by atoms with Crippen LogP contribution in [-0.2, 0) is 9.59 Å². The van der Waals surface area contributed by atoms with Gasteiger partial charge in [0.05, 0.1) is 4.88 Å². The number of rotatable bonds is 4. The first-order valence-corrected chi connectivity index (χ1v) is 11.5. The van der Waals surface area contributed by atoms with Crippen LogP contribution in [0.15, 0.2) is 78.2 Å². The van der Waals surface area contributed by atoms with E-state index in [-0.39, 0.29) is 17.7 Å². The highest BCUT2D eigenvalue weighted by molar-refractivity contribution is 7.10. The van der Waals surface area contributed by atoms with Crippen molar-refractivity contribution in [2.75, 3.05) is 18.4 Å². The molecule has 0 saturated carbocycles. The molecule has 3 aromatic rings. The van der Waals surface area contributed by atoms with Crippen LogP contribution < -0.4 is 5.32 Å². The molecule has 32 heavy (non-hydrogen) atoms. The monoisotopic (exact) mass is 440 g/mol. The number of carbonyl (C=O) groups excluding carboxylic acids is 2. The molecule has 5 heteroatoms. The number of anilines is 1. The standard InChI is InChI=1S/C27H24N2O2S/c30-26(14-12-21-6-2-1-3-7-21)29-17-15-23(16-18-29)27(31)28-24-9-4-8-22(20-24)11-13-25-10-5-19-32-25/h1-10,12,14,19-20,23H,15-18H2,(H,28,31)/b14-12+. The summed E-state index contributed by atoms with van der Waals surface area (Å²) < 4.78 is 0. The SMILES string of the molecule is O=C(Nc1cccc(C#Cc2cccs2)c1)C1CCN(C(=O)/C=C/c2ccccc2)CC1. The van der Waals surface area contributed by atoms with Gasteiger partial charge in [0, 0.05) is 36.3 Å². The molecule has 2 aromatic carbocycles. The van der Waals surface area contributed by atoms with Crippen LogP contribution in [0.5, 0.6) is 0 Å². The maximum atomic E-state index is 12.7. The Morgan fingerprint density at radius 2 is 1.78 bits per heavy atom. The van der Waals surface area contributed by atoms with Gasteiger partial charge in [0.25, 0.3) is 0 Å². The van der Waals surface area contributed by atoms with Gasteiger partial charge in [-0.15, -0.1) is 11.3 Å². The Hall–Kier alpha value is -3.62. The lowest BCUT2D eigenvalue weighted by atomic mass is 9.95. The molecule has 0 spiro atoms. The van der Waals surface area contributed by atoms with Crippen molar-refractivity contribution in [3.05, 3.63) is 94.2 Å². The van der Waals surface area contributed by atoms with Crippen molar-refractivity contribution in [1.29, 1.82) is 0 Å². The summed E-state index contributed by atoms with van der Waals surface area (Å²) in [5, 5.41) is 5.01. The fourth-order valence-electron chi connectivity index (χ4n) is 3.60. The van der Waals surface area contributed by atoms with Crippen LogP contribution in [0.25, 0.3) is 6.08 Å². The van der Waals surface area contributed by atoms with Gasteiger partial charge < -0.3 is 10.2 Å². The summed E-state index contributed by atoms with van der Waals surface area (Å²) in [5.74, 6) is 6.17. The Labute approximate surface area is 192 Å². The number of thiophene rings is 1. The second-order valence-corrected chi connectivity index (χ2v) is 8.59. The molecule has 2 heterocycles. The van der Waals surface area contributed by atoms with E-state index >= 15 is 0 Å². The largest absolute Gasteiger partial charge is 0.339 e. The van der Waals surface area contributed by atoms with Gasteiger partial charge in [0.1, 0.15) is 0 Å². The van der Waals surface area contributed by atoms with Gasteiger partial charge in [-0.2, -0.15) is 0 Å². The van der Waals surface area contributed by atoms with Crippen molar-refractivity contribution < 1.29 is 9.59 Å². The van der Waals surface area contributed by atoms with Gasteiger partial charge in [0.2, 0.25) is 11.8 Å². The Balaban J connectivity index is 1.29. The van der Waals surface area contributed by atoms with E-state index in [1.165, 1.54) is 0 Å². The van der Waals surface area contributed by atoms with Gasteiger partial charge in [-0.05, 0) is 54.1 Å². The van der Waals surface area contributed by atoms with E-state index in [0.29, 0.717) is 25.9 Å². The molecule has 0 unspecified atom stereocenters. The molecule has 1 N–H and O–H groups in total. The van der Waals surface area contributed by atoms with Crippen molar-refractivity contribution in [2.24, 2.45) is 5.92 Å². The van der Waals surface area contributed by atoms with E-state index in [1.54, 1.807) is 17.4 Å². The summed E-state index contributed by atoms with van der Waals surface area (Å²) in [4.78, 5) is 28.0. The summed E-state index contributed by atoms with van der Waals surface area (Å²) in [6.07, 6.45) is 4.76. The number of likely N-dealkylation sites (tertiary alicyclic amines) is 1. The molecule has 4 nitrogen and oxygen atoms in total. The summed E-state index contributed by atoms with van der Waals surface area (Å²) >= 11 is 1.60. The van der Waals surface area contributed by atoms with Crippen molar-refractivity contribution in [3.8, 4) is 11.8 Å². The smallest absolute Gasteiger partial charge is 0.246 e. The number of nitrogens with one attached hydrogen (secondary N) is 1. The Kier molecular flexibility index (Phi) is 7.16. The lowest BCUT2D eigenvalue weighted by molar-refractivity contribution is -0.130. The molecule has 4 rings (SSSR count). The van der Waals surface area contributed by atoms with Crippen LogP contribution in [-0.4, -0.2) is 29.8 Å². The molecule has 0 bridgehead atoms. The lowest BCUT2D eigenvalue weighted by Gasteiger charge is -2.30. The maximum absolute atomic E-state index is 12.7. The topological polar surface area (TPSA) is 49.4 Å². The molecule has 1 aromatic heterocycles. The third-order valence-electron chi connectivity index (χ3n) is 5.38. The fraction of sp³-hybridized carbons (Fsp3) is 0.185. The third kappa shape index (κ3) is 5.96. The molecular weight excluding hydrogens is 416 g/mol. The molecule has 2 amide bonds. The van der Waals surface area contributed by atoms with Gasteiger partial charge in [-0.1, -0.05) is 54.3 Å². The second-order valence-electron chi connectivity index (χ2n) is 7.64. The quantitative estimate of drug-likeness (QED) is 0.457. The molecule has 1 fully saturated rings. The number of hydrogen-bond donors (Lipinski definition) is 1. The van der Waals surface area contributed by atoms with Gasteiger partial charge >= 0.3 is 0 Å². The minimum absolute atomic E-state index is 0.000271. The van der Waals surface area contributed by atoms with Gasteiger partial charge in [0.15, 0.2) is 0 Å². The molecule has 160 valence electrons. The van der Waals surface area contributed by atoms with Crippen molar-refractivity contribution >= 4 is 34.9 Å². The van der Waals surface area contributed by atoms with Crippen LogP contribution in [0.1, 0.15) is 28.8 Å². The average molecular weight is 441 g/mol. The number of piperidine rings is 1. The lowest BCUT2D eigenvalue weighted by Crippen LogP contribution is -2.40. The second kappa shape index (κ2) is 10.6. The van der Waals surface area contributed by atoms with E-state index in [4.69, 9.17) is 0 Å². The first-order valence-electron chi connectivity index (χ1n) is 10.7. The summed E-state index contributed by atoms with van der Waals surface area (Å²) in [6, 6.07) is 21.3. The highest BCUT2D eigenvalue weighted by Gasteiger charge is 2.26. The minimum Gasteiger partial charge on any atom is -0.339 e. The average Bonchev–Trinajstić information content (AvgIpc) is 3.36. The van der Waals surface area contributed by atoms with Crippen LogP contribution in [0.3, 0.4) is 0 Å². The number of hydrogen-bond acceptors (Lipinski definition) is 3. The minimum atomic E-state index is -0.0991. The first kappa shape index (κ1) is 21.6. The van der Waals surface area contributed by atoms with Crippen LogP contribution in [0.2, 0.25) is 0 Å². The summed E-state index contributed by atoms with van der Waals surface area (Å²) in [5.41, 5.74) is 2.61. The zero-order valence-electron chi connectivity index (χ0n) is 17.7. The van der Waals surface area contributed by atoms with Crippen molar-refractivity contribution in [2.45, 2.75) is 12.8 Å². The highest BCUT2D eigenvalue weighted by atomic mass is 32.1. The number of amides is 2. The first-order chi connectivity index (χ1) is 15.7. The van der Waals surface area contributed by atoms with Gasteiger partial charge in [-0.25, -0.2) is 0 Å². The molecule has 1 aliphatic heterocycles. The molecule has 0 atom stereocenters. The molecular formula is C27H24N2O2S. The van der Waals surface area contributed by atoms with Crippen LogP contribution in [0.4, 0.5) is 5.69 Å². The van der Waals surface area contributed by atoms with Gasteiger partial charge in [-0.3, -0.25) is 9.59 Å². The number of carbonyl (C=O) groups is 2. The number of nitrogens with zero attached hydrogens (tertiary/aromatic N) is 1. The predicted octanol–water partition coefficient (Wildman–Crippen LogP) is 5.04. The van der Waals surface area contributed by atoms with Crippen LogP contribution in [0, 0.1) is 17.8 Å².